The third-order valence-corrected chi connectivity index (χ3v) is 3.38. The van der Waals surface area contributed by atoms with E-state index < -0.39 is 11.9 Å². The Morgan fingerprint density at radius 2 is 2.32 bits per heavy atom. The summed E-state index contributed by atoms with van der Waals surface area (Å²) in [5.74, 6) is -0.429. The van der Waals surface area contributed by atoms with Gasteiger partial charge in [-0.3, -0.25) is 9.67 Å². The van der Waals surface area contributed by atoms with Crippen LogP contribution in [0.25, 0.3) is 0 Å². The molecule has 0 saturated carbocycles. The highest BCUT2D eigenvalue weighted by Gasteiger charge is 2.20. The first-order valence-electron chi connectivity index (χ1n) is 5.70. The first kappa shape index (κ1) is 14.1. The molecule has 0 aromatic carbocycles. The van der Waals surface area contributed by atoms with Crippen LogP contribution in [0, 0.1) is 5.82 Å². The van der Waals surface area contributed by atoms with Gasteiger partial charge in [0.2, 0.25) is 0 Å². The highest BCUT2D eigenvalue weighted by molar-refractivity contribution is 9.10. The van der Waals surface area contributed by atoms with Gasteiger partial charge in [-0.2, -0.15) is 5.10 Å². The minimum absolute atomic E-state index is 0.384. The van der Waals surface area contributed by atoms with Crippen LogP contribution in [0.5, 0.6) is 0 Å². The van der Waals surface area contributed by atoms with Crippen LogP contribution in [0.1, 0.15) is 17.3 Å². The highest BCUT2D eigenvalue weighted by Crippen LogP contribution is 2.27. The fourth-order valence-corrected chi connectivity index (χ4v) is 2.37. The number of ether oxygens (including phenoxy) is 1. The van der Waals surface area contributed by atoms with Gasteiger partial charge in [0.1, 0.15) is 5.82 Å². The van der Waals surface area contributed by atoms with E-state index in [2.05, 4.69) is 26.0 Å². The fraction of sp³-hybridized carbons (Fsp3) is 0.333. The van der Waals surface area contributed by atoms with Crippen LogP contribution in [0.2, 0.25) is 0 Å². The topological polar surface area (TPSA) is 66.0 Å². The van der Waals surface area contributed by atoms with E-state index in [1.807, 2.05) is 0 Å². The van der Waals surface area contributed by atoms with Crippen LogP contribution in [0.3, 0.4) is 0 Å². The minimum Gasteiger partial charge on any atom is -0.383 e. The minimum atomic E-state index is -0.614. The zero-order valence-corrected chi connectivity index (χ0v) is 12.0. The van der Waals surface area contributed by atoms with Crippen molar-refractivity contribution < 1.29 is 9.13 Å². The molecule has 1 unspecified atom stereocenters. The molecule has 0 saturated heterocycles. The Balaban J connectivity index is 2.35. The monoisotopic (exact) mass is 328 g/mol. The number of methoxy groups -OCH3 is 1. The molecule has 0 aliphatic heterocycles. The second kappa shape index (κ2) is 6.23. The van der Waals surface area contributed by atoms with Crippen molar-refractivity contribution in [1.82, 2.24) is 14.8 Å². The fourth-order valence-electron chi connectivity index (χ4n) is 1.82. The maximum atomic E-state index is 13.7. The summed E-state index contributed by atoms with van der Waals surface area (Å²) in [7, 11) is 1.61. The van der Waals surface area contributed by atoms with Gasteiger partial charge in [0.05, 0.1) is 41.8 Å². The van der Waals surface area contributed by atoms with Crippen molar-refractivity contribution in [1.29, 1.82) is 0 Å². The summed E-state index contributed by atoms with van der Waals surface area (Å²) in [5, 5.41) is 4.20. The van der Waals surface area contributed by atoms with Crippen molar-refractivity contribution in [3.63, 3.8) is 0 Å². The average Bonchev–Trinajstić information content (AvgIpc) is 2.77. The Hall–Kier alpha value is -1.31. The van der Waals surface area contributed by atoms with E-state index in [1.54, 1.807) is 24.1 Å². The molecule has 0 spiro atoms. The number of aromatic nitrogens is 3. The number of halogens is 2. The summed E-state index contributed by atoms with van der Waals surface area (Å²) in [6.45, 7) is 1.06. The van der Waals surface area contributed by atoms with E-state index in [9.17, 15) is 4.39 Å². The first-order chi connectivity index (χ1) is 9.15. The van der Waals surface area contributed by atoms with Crippen molar-refractivity contribution in [3.8, 4) is 0 Å². The van der Waals surface area contributed by atoms with Crippen molar-refractivity contribution in [2.24, 2.45) is 5.73 Å². The summed E-state index contributed by atoms with van der Waals surface area (Å²) >= 11 is 3.39. The Bertz CT molecular complexity index is 560. The number of nitrogens with two attached hydrogens (primary N) is 1. The van der Waals surface area contributed by atoms with Gasteiger partial charge in [0, 0.05) is 18.9 Å². The molecule has 0 aliphatic carbocycles. The molecule has 5 nitrogen and oxygen atoms in total. The number of nitrogens with zero attached hydrogens (tertiary/aromatic N) is 3. The Kier molecular flexibility index (Phi) is 4.62. The Morgan fingerprint density at radius 3 is 3.00 bits per heavy atom. The average molecular weight is 329 g/mol. The lowest BCUT2D eigenvalue weighted by Gasteiger charge is -2.15. The van der Waals surface area contributed by atoms with Crippen molar-refractivity contribution in [2.75, 3.05) is 13.7 Å². The smallest absolute Gasteiger partial charge is 0.146 e. The van der Waals surface area contributed by atoms with Crippen molar-refractivity contribution >= 4 is 15.9 Å². The van der Waals surface area contributed by atoms with Gasteiger partial charge in [0.15, 0.2) is 0 Å². The third kappa shape index (κ3) is 2.99. The van der Waals surface area contributed by atoms with Gasteiger partial charge in [-0.05, 0) is 22.0 Å². The van der Waals surface area contributed by atoms with Crippen LogP contribution in [-0.2, 0) is 11.3 Å². The zero-order chi connectivity index (χ0) is 13.8. The molecule has 2 N–H and O–H groups in total. The van der Waals surface area contributed by atoms with Crippen molar-refractivity contribution in [3.05, 3.63) is 46.2 Å². The molecule has 1 atom stereocenters. The molecule has 0 bridgehead atoms. The number of pyridine rings is 1. The summed E-state index contributed by atoms with van der Waals surface area (Å²) in [6, 6.07) is 0.955. The molecule has 7 heteroatoms. The van der Waals surface area contributed by atoms with Gasteiger partial charge in [-0.25, -0.2) is 4.39 Å². The number of hydrogen-bond donors (Lipinski definition) is 1. The molecule has 2 aromatic rings. The molecule has 0 aliphatic rings. The highest BCUT2D eigenvalue weighted by atomic mass is 79.9. The first-order valence-corrected chi connectivity index (χ1v) is 6.49. The van der Waals surface area contributed by atoms with E-state index in [1.165, 1.54) is 6.20 Å². The van der Waals surface area contributed by atoms with Crippen LogP contribution in [0.15, 0.2) is 29.1 Å². The summed E-state index contributed by atoms with van der Waals surface area (Å²) in [5.41, 5.74) is 7.23. The lowest BCUT2D eigenvalue weighted by atomic mass is 10.1. The number of rotatable bonds is 5. The van der Waals surface area contributed by atoms with Crippen LogP contribution in [0.4, 0.5) is 4.39 Å². The molecule has 102 valence electrons. The Labute approximate surface area is 118 Å². The molecule has 0 radical (unpaired) electrons. The second-order valence-electron chi connectivity index (χ2n) is 3.97. The van der Waals surface area contributed by atoms with E-state index in [-0.39, 0.29) is 0 Å². The third-order valence-electron chi connectivity index (χ3n) is 2.77. The SMILES string of the molecule is COCCn1ncc(Br)c1C(N)c1ccncc1F. The number of hydrogen-bond acceptors (Lipinski definition) is 4. The normalized spacial score (nSPS) is 12.6. The van der Waals surface area contributed by atoms with E-state index in [0.717, 1.165) is 10.7 Å². The van der Waals surface area contributed by atoms with E-state index in [4.69, 9.17) is 10.5 Å². The van der Waals surface area contributed by atoms with Crippen LogP contribution < -0.4 is 5.73 Å². The molecular formula is C12H14BrFN4O. The molecule has 2 aromatic heterocycles. The zero-order valence-electron chi connectivity index (χ0n) is 10.4. The van der Waals surface area contributed by atoms with E-state index in [0.29, 0.717) is 24.4 Å². The predicted octanol–water partition coefficient (Wildman–Crippen LogP) is 1.87. The van der Waals surface area contributed by atoms with Gasteiger partial charge in [-0.15, -0.1) is 0 Å². The molecule has 2 heterocycles. The predicted molar refractivity (Wildman–Crippen MR) is 72.0 cm³/mol. The summed E-state index contributed by atoms with van der Waals surface area (Å²) < 4.78 is 21.2. The second-order valence-corrected chi connectivity index (χ2v) is 4.82. The standard InChI is InChI=1S/C12H14BrFN4O/c1-19-5-4-18-12(9(13)6-17-18)11(15)8-2-3-16-7-10(8)14/h2-3,6-7,11H,4-5,15H2,1H3. The van der Waals surface area contributed by atoms with E-state index >= 15 is 0 Å². The lowest BCUT2D eigenvalue weighted by molar-refractivity contribution is 0.182. The van der Waals surface area contributed by atoms with Gasteiger partial charge in [-0.1, -0.05) is 0 Å². The molecule has 19 heavy (non-hydrogen) atoms. The van der Waals surface area contributed by atoms with Crippen molar-refractivity contribution in [2.45, 2.75) is 12.6 Å². The lowest BCUT2D eigenvalue weighted by Crippen LogP contribution is -2.20. The summed E-state index contributed by atoms with van der Waals surface area (Å²) in [6.07, 6.45) is 4.31. The van der Waals surface area contributed by atoms with Crippen LogP contribution in [-0.4, -0.2) is 28.5 Å². The maximum Gasteiger partial charge on any atom is 0.146 e. The largest absolute Gasteiger partial charge is 0.383 e. The van der Waals surface area contributed by atoms with Gasteiger partial charge < -0.3 is 10.5 Å². The Morgan fingerprint density at radius 1 is 1.53 bits per heavy atom. The molecule has 0 amide bonds. The molecule has 0 fully saturated rings. The molecular weight excluding hydrogens is 315 g/mol. The quantitative estimate of drug-likeness (QED) is 0.910. The van der Waals surface area contributed by atoms with Gasteiger partial charge >= 0.3 is 0 Å². The maximum absolute atomic E-state index is 13.7. The van der Waals surface area contributed by atoms with Gasteiger partial charge in [0.25, 0.3) is 0 Å². The summed E-state index contributed by atoms with van der Waals surface area (Å²) in [4.78, 5) is 3.72. The van der Waals surface area contributed by atoms with Crippen LogP contribution >= 0.6 is 15.9 Å². The molecule has 2 rings (SSSR count).